The number of anilines is 2. The van der Waals surface area contributed by atoms with Crippen molar-refractivity contribution in [2.75, 3.05) is 10.6 Å². The molecule has 6 heteroatoms. The fourth-order valence-corrected chi connectivity index (χ4v) is 3.23. The van der Waals surface area contributed by atoms with Gasteiger partial charge in [0, 0.05) is 22.3 Å². The van der Waals surface area contributed by atoms with Crippen LogP contribution in [0.25, 0.3) is 10.9 Å². The molecule has 0 radical (unpaired) electrons. The van der Waals surface area contributed by atoms with Crippen LogP contribution in [-0.2, 0) is 9.59 Å². The highest BCUT2D eigenvalue weighted by Crippen LogP contribution is 2.47. The number of para-hydroxylation sites is 1. The topological polar surface area (TPSA) is 71.1 Å². The Labute approximate surface area is 161 Å². The minimum absolute atomic E-state index is 0.309. The molecule has 1 heterocycles. The zero-order valence-electron chi connectivity index (χ0n) is 14.8. The number of aryl methyl sites for hydroxylation is 1. The Morgan fingerprint density at radius 3 is 2.52 bits per heavy atom. The van der Waals surface area contributed by atoms with Gasteiger partial charge in [0.2, 0.25) is 11.8 Å². The van der Waals surface area contributed by atoms with Gasteiger partial charge in [-0.05, 0) is 49.6 Å². The lowest BCUT2D eigenvalue weighted by Gasteiger charge is -2.16. The molecular formula is C21H18ClN3O2. The van der Waals surface area contributed by atoms with Crippen LogP contribution in [0.15, 0.2) is 54.7 Å². The summed E-state index contributed by atoms with van der Waals surface area (Å²) in [6, 6.07) is 14.7. The quantitative estimate of drug-likeness (QED) is 0.653. The molecule has 0 unspecified atom stereocenters. The number of nitrogens with zero attached hydrogens (tertiary/aromatic N) is 1. The van der Waals surface area contributed by atoms with E-state index in [1.165, 1.54) is 0 Å². The van der Waals surface area contributed by atoms with Crippen molar-refractivity contribution in [3.05, 3.63) is 65.3 Å². The number of carbonyl (C=O) groups is 2. The third kappa shape index (κ3) is 3.26. The second kappa shape index (κ2) is 6.67. The third-order valence-electron chi connectivity index (χ3n) is 4.93. The third-order valence-corrected chi connectivity index (χ3v) is 5.34. The number of rotatable bonds is 4. The van der Waals surface area contributed by atoms with Gasteiger partial charge >= 0.3 is 0 Å². The SMILES string of the molecule is Cc1ccc(NC(=O)C2(C(=O)Nc3cccc4cccnc34)CC2)cc1Cl. The molecule has 0 aliphatic heterocycles. The summed E-state index contributed by atoms with van der Waals surface area (Å²) in [6.45, 7) is 1.89. The number of carbonyl (C=O) groups excluding carboxylic acids is 2. The van der Waals surface area contributed by atoms with E-state index in [-0.39, 0.29) is 11.8 Å². The summed E-state index contributed by atoms with van der Waals surface area (Å²) < 4.78 is 0. The van der Waals surface area contributed by atoms with E-state index in [9.17, 15) is 9.59 Å². The average molecular weight is 380 g/mol. The standard InChI is InChI=1S/C21H18ClN3O2/c1-13-7-8-15(12-16(13)22)24-19(26)21(9-10-21)20(27)25-17-6-2-4-14-5-3-11-23-18(14)17/h2-8,11-12H,9-10H2,1H3,(H,24,26)(H,25,27). The van der Waals surface area contributed by atoms with Gasteiger partial charge in [-0.1, -0.05) is 35.9 Å². The number of aromatic nitrogens is 1. The lowest BCUT2D eigenvalue weighted by molar-refractivity contribution is -0.131. The van der Waals surface area contributed by atoms with E-state index in [4.69, 9.17) is 11.6 Å². The maximum Gasteiger partial charge on any atom is 0.240 e. The van der Waals surface area contributed by atoms with Crippen molar-refractivity contribution in [2.24, 2.45) is 5.41 Å². The van der Waals surface area contributed by atoms with Crippen LogP contribution >= 0.6 is 11.6 Å². The normalized spacial score (nSPS) is 14.6. The van der Waals surface area contributed by atoms with Crippen molar-refractivity contribution in [3.8, 4) is 0 Å². The van der Waals surface area contributed by atoms with Crippen molar-refractivity contribution in [1.82, 2.24) is 4.98 Å². The molecule has 1 aliphatic rings. The van der Waals surface area contributed by atoms with Crippen molar-refractivity contribution < 1.29 is 9.59 Å². The van der Waals surface area contributed by atoms with Gasteiger partial charge < -0.3 is 10.6 Å². The average Bonchev–Trinajstić information content (AvgIpc) is 3.47. The highest BCUT2D eigenvalue weighted by molar-refractivity contribution is 6.31. The highest BCUT2D eigenvalue weighted by atomic mass is 35.5. The molecule has 0 atom stereocenters. The second-order valence-electron chi connectivity index (χ2n) is 6.84. The van der Waals surface area contributed by atoms with Crippen LogP contribution in [0.3, 0.4) is 0 Å². The maximum absolute atomic E-state index is 12.9. The Hall–Kier alpha value is -2.92. The number of halogens is 1. The van der Waals surface area contributed by atoms with E-state index >= 15 is 0 Å². The van der Waals surface area contributed by atoms with E-state index in [0.717, 1.165) is 10.9 Å². The fraction of sp³-hybridized carbons (Fsp3) is 0.190. The zero-order chi connectivity index (χ0) is 19.0. The van der Waals surface area contributed by atoms with E-state index in [1.54, 1.807) is 24.4 Å². The van der Waals surface area contributed by atoms with Crippen LogP contribution in [0.2, 0.25) is 5.02 Å². The zero-order valence-corrected chi connectivity index (χ0v) is 15.5. The van der Waals surface area contributed by atoms with Crippen LogP contribution in [0.1, 0.15) is 18.4 Å². The number of hydrogen-bond donors (Lipinski definition) is 2. The van der Waals surface area contributed by atoms with Gasteiger partial charge in [-0.3, -0.25) is 14.6 Å². The largest absolute Gasteiger partial charge is 0.325 e. The summed E-state index contributed by atoms with van der Waals surface area (Å²) in [4.78, 5) is 30.0. The lowest BCUT2D eigenvalue weighted by Crippen LogP contribution is -2.35. The lowest BCUT2D eigenvalue weighted by atomic mass is 10.0. The van der Waals surface area contributed by atoms with Gasteiger partial charge in [0.05, 0.1) is 11.2 Å². The maximum atomic E-state index is 12.9. The first-order chi connectivity index (χ1) is 13.0. The van der Waals surface area contributed by atoms with Crippen LogP contribution in [0.4, 0.5) is 11.4 Å². The van der Waals surface area contributed by atoms with E-state index in [0.29, 0.717) is 34.8 Å². The van der Waals surface area contributed by atoms with E-state index in [2.05, 4.69) is 15.6 Å². The number of nitrogens with one attached hydrogen (secondary N) is 2. The molecule has 2 aromatic carbocycles. The number of pyridine rings is 1. The van der Waals surface area contributed by atoms with Crippen LogP contribution in [0, 0.1) is 12.3 Å². The number of amides is 2. The Morgan fingerprint density at radius 2 is 1.78 bits per heavy atom. The van der Waals surface area contributed by atoms with Crippen molar-refractivity contribution >= 4 is 45.7 Å². The Morgan fingerprint density at radius 1 is 1.04 bits per heavy atom. The van der Waals surface area contributed by atoms with Gasteiger partial charge in [0.1, 0.15) is 5.41 Å². The molecule has 2 N–H and O–H groups in total. The Balaban J connectivity index is 1.54. The molecule has 3 aromatic rings. The summed E-state index contributed by atoms with van der Waals surface area (Å²) in [5.41, 5.74) is 1.78. The number of benzene rings is 2. The minimum Gasteiger partial charge on any atom is -0.325 e. The molecule has 1 aromatic heterocycles. The van der Waals surface area contributed by atoms with Crippen LogP contribution < -0.4 is 10.6 Å². The van der Waals surface area contributed by atoms with Gasteiger partial charge in [0.25, 0.3) is 0 Å². The van der Waals surface area contributed by atoms with Gasteiger partial charge in [-0.15, -0.1) is 0 Å². The van der Waals surface area contributed by atoms with Crippen LogP contribution in [0.5, 0.6) is 0 Å². The Bertz CT molecular complexity index is 1050. The predicted molar refractivity (Wildman–Crippen MR) is 107 cm³/mol. The first-order valence-corrected chi connectivity index (χ1v) is 9.10. The van der Waals surface area contributed by atoms with Gasteiger partial charge in [-0.2, -0.15) is 0 Å². The highest BCUT2D eigenvalue weighted by Gasteiger charge is 2.56. The van der Waals surface area contributed by atoms with Gasteiger partial charge in [-0.25, -0.2) is 0 Å². The van der Waals surface area contributed by atoms with Crippen molar-refractivity contribution in [3.63, 3.8) is 0 Å². The molecule has 1 saturated carbocycles. The monoisotopic (exact) mass is 379 g/mol. The second-order valence-corrected chi connectivity index (χ2v) is 7.24. The fourth-order valence-electron chi connectivity index (χ4n) is 3.05. The predicted octanol–water partition coefficient (Wildman–Crippen LogP) is 4.55. The van der Waals surface area contributed by atoms with E-state index in [1.807, 2.05) is 37.3 Å². The number of fused-ring (bicyclic) bond motifs is 1. The Kier molecular flexibility index (Phi) is 4.32. The molecule has 1 fully saturated rings. The van der Waals surface area contributed by atoms with E-state index < -0.39 is 5.41 Å². The summed E-state index contributed by atoms with van der Waals surface area (Å²) in [7, 11) is 0. The summed E-state index contributed by atoms with van der Waals surface area (Å²) in [6.07, 6.45) is 2.71. The smallest absolute Gasteiger partial charge is 0.240 e. The molecule has 0 spiro atoms. The molecule has 1 aliphatic carbocycles. The molecule has 27 heavy (non-hydrogen) atoms. The summed E-state index contributed by atoms with van der Waals surface area (Å²) >= 11 is 6.11. The molecular weight excluding hydrogens is 362 g/mol. The molecule has 0 bridgehead atoms. The number of hydrogen-bond acceptors (Lipinski definition) is 3. The molecule has 0 saturated heterocycles. The van der Waals surface area contributed by atoms with Crippen molar-refractivity contribution in [1.29, 1.82) is 0 Å². The molecule has 5 nitrogen and oxygen atoms in total. The molecule has 136 valence electrons. The summed E-state index contributed by atoms with van der Waals surface area (Å²) in [5, 5.41) is 7.21. The molecule has 4 rings (SSSR count). The first kappa shape index (κ1) is 17.5. The molecule has 2 amide bonds. The first-order valence-electron chi connectivity index (χ1n) is 8.72. The van der Waals surface area contributed by atoms with Gasteiger partial charge in [0.15, 0.2) is 0 Å². The minimum atomic E-state index is -1.05. The summed E-state index contributed by atoms with van der Waals surface area (Å²) in [5.74, 6) is -0.621. The van der Waals surface area contributed by atoms with Crippen LogP contribution in [-0.4, -0.2) is 16.8 Å². The van der Waals surface area contributed by atoms with Crippen molar-refractivity contribution in [2.45, 2.75) is 19.8 Å².